The predicted molar refractivity (Wildman–Crippen MR) is 141 cm³/mol. The van der Waals surface area contributed by atoms with Gasteiger partial charge in [0.1, 0.15) is 30.9 Å². The van der Waals surface area contributed by atoms with Gasteiger partial charge in [0.05, 0.1) is 17.6 Å². The number of anilines is 2. The number of aldehydes is 1. The standard InChI is InChI=1S/C25H22ClFN4O3.CH5NO/c1-33-23-12-22-19(25(30-15-29-22)31-18-6-7-21(27)20(26)10-18)11-24(23)34-9-8-28-13-16-2-4-17(14-32)5-3-16;1-2-3/h2-7,10-12,14-15,28H,8-9,13H2,1H3,(H,29,30,31);2-3H,1H3. The van der Waals surface area contributed by atoms with Crippen LogP contribution in [0.3, 0.4) is 0 Å². The molecule has 194 valence electrons. The summed E-state index contributed by atoms with van der Waals surface area (Å²) in [6.45, 7) is 1.65. The summed E-state index contributed by atoms with van der Waals surface area (Å²) in [7, 11) is 3.00. The molecule has 37 heavy (non-hydrogen) atoms. The molecule has 0 aliphatic rings. The fourth-order valence-corrected chi connectivity index (χ4v) is 3.51. The number of nitrogens with one attached hydrogen (secondary N) is 3. The van der Waals surface area contributed by atoms with Gasteiger partial charge in [-0.1, -0.05) is 35.9 Å². The van der Waals surface area contributed by atoms with Crippen LogP contribution in [0.15, 0.2) is 60.9 Å². The van der Waals surface area contributed by atoms with E-state index in [1.165, 1.54) is 25.5 Å². The Morgan fingerprint density at radius 3 is 2.51 bits per heavy atom. The lowest BCUT2D eigenvalue weighted by molar-refractivity contribution is 0.112. The Morgan fingerprint density at radius 2 is 1.84 bits per heavy atom. The summed E-state index contributed by atoms with van der Waals surface area (Å²) < 4.78 is 24.9. The molecule has 0 bridgehead atoms. The van der Waals surface area contributed by atoms with E-state index < -0.39 is 5.82 Å². The highest BCUT2D eigenvalue weighted by atomic mass is 35.5. The van der Waals surface area contributed by atoms with E-state index in [1.807, 2.05) is 12.1 Å². The van der Waals surface area contributed by atoms with Crippen molar-refractivity contribution in [2.75, 3.05) is 32.6 Å². The lowest BCUT2D eigenvalue weighted by Gasteiger charge is -2.14. The first-order chi connectivity index (χ1) is 18.0. The smallest absolute Gasteiger partial charge is 0.162 e. The average Bonchev–Trinajstić information content (AvgIpc) is 2.91. The molecule has 3 aromatic carbocycles. The predicted octanol–water partition coefficient (Wildman–Crippen LogP) is 4.75. The summed E-state index contributed by atoms with van der Waals surface area (Å²) in [5, 5.41) is 14.5. The molecule has 4 N–H and O–H groups in total. The quantitative estimate of drug-likeness (QED) is 0.132. The molecule has 0 fully saturated rings. The summed E-state index contributed by atoms with van der Waals surface area (Å²) in [5.41, 5.74) is 4.72. The van der Waals surface area contributed by atoms with Gasteiger partial charge >= 0.3 is 0 Å². The minimum Gasteiger partial charge on any atom is -0.493 e. The fourth-order valence-electron chi connectivity index (χ4n) is 3.33. The number of aromatic nitrogens is 2. The molecule has 0 aliphatic heterocycles. The van der Waals surface area contributed by atoms with Gasteiger partial charge in [-0.15, -0.1) is 0 Å². The van der Waals surface area contributed by atoms with E-state index in [4.69, 9.17) is 26.3 Å². The van der Waals surface area contributed by atoms with Crippen molar-refractivity contribution in [1.29, 1.82) is 0 Å². The van der Waals surface area contributed by atoms with E-state index in [2.05, 4.69) is 20.6 Å². The van der Waals surface area contributed by atoms with Crippen LogP contribution in [-0.4, -0.2) is 48.8 Å². The van der Waals surface area contributed by atoms with Gasteiger partial charge in [0.15, 0.2) is 11.5 Å². The van der Waals surface area contributed by atoms with Crippen LogP contribution in [0.1, 0.15) is 15.9 Å². The van der Waals surface area contributed by atoms with Crippen molar-refractivity contribution in [1.82, 2.24) is 20.8 Å². The highest BCUT2D eigenvalue weighted by Gasteiger charge is 2.12. The van der Waals surface area contributed by atoms with Crippen LogP contribution in [-0.2, 0) is 6.54 Å². The van der Waals surface area contributed by atoms with E-state index in [-0.39, 0.29) is 5.02 Å². The summed E-state index contributed by atoms with van der Waals surface area (Å²) in [4.78, 5) is 19.4. The normalized spacial score (nSPS) is 10.4. The summed E-state index contributed by atoms with van der Waals surface area (Å²) in [6, 6.07) is 15.3. The summed E-state index contributed by atoms with van der Waals surface area (Å²) in [5.74, 6) is 1.12. The monoisotopic (exact) mass is 527 g/mol. The maximum Gasteiger partial charge on any atom is 0.162 e. The first kappa shape index (κ1) is 27.8. The molecule has 0 atom stereocenters. The molecular weight excluding hydrogens is 501 g/mol. The van der Waals surface area contributed by atoms with Gasteiger partial charge < -0.3 is 25.3 Å². The second kappa shape index (κ2) is 14.0. The zero-order valence-corrected chi connectivity index (χ0v) is 21.1. The maximum atomic E-state index is 13.5. The SMILES string of the molecule is CNO.COc1cc2ncnc(Nc3ccc(F)c(Cl)c3)c2cc1OCCNCc1ccc(C=O)cc1. The second-order valence-corrected chi connectivity index (χ2v) is 8.01. The lowest BCUT2D eigenvalue weighted by Crippen LogP contribution is -2.20. The molecule has 0 unspecified atom stereocenters. The van der Waals surface area contributed by atoms with Crippen LogP contribution in [0.25, 0.3) is 10.9 Å². The third-order valence-corrected chi connectivity index (χ3v) is 5.37. The van der Waals surface area contributed by atoms with Gasteiger partial charge in [0.25, 0.3) is 0 Å². The van der Waals surface area contributed by atoms with Crippen LogP contribution in [0.2, 0.25) is 5.02 Å². The third kappa shape index (κ3) is 7.83. The largest absolute Gasteiger partial charge is 0.493 e. The van der Waals surface area contributed by atoms with Crippen LogP contribution >= 0.6 is 11.6 Å². The lowest BCUT2D eigenvalue weighted by atomic mass is 10.1. The van der Waals surface area contributed by atoms with E-state index in [9.17, 15) is 9.18 Å². The number of hydrogen-bond acceptors (Lipinski definition) is 9. The number of ether oxygens (including phenoxy) is 2. The molecule has 9 nitrogen and oxygen atoms in total. The van der Waals surface area contributed by atoms with E-state index in [0.717, 1.165) is 11.8 Å². The van der Waals surface area contributed by atoms with Crippen molar-refractivity contribution in [3.05, 3.63) is 82.9 Å². The molecule has 0 radical (unpaired) electrons. The van der Waals surface area contributed by atoms with E-state index in [0.29, 0.717) is 59.2 Å². The van der Waals surface area contributed by atoms with Crippen molar-refractivity contribution < 1.29 is 23.9 Å². The van der Waals surface area contributed by atoms with Gasteiger partial charge in [0, 0.05) is 42.8 Å². The Morgan fingerprint density at radius 1 is 1.08 bits per heavy atom. The summed E-state index contributed by atoms with van der Waals surface area (Å²) in [6.07, 6.45) is 2.25. The van der Waals surface area contributed by atoms with E-state index >= 15 is 0 Å². The highest BCUT2D eigenvalue weighted by Crippen LogP contribution is 2.35. The minimum atomic E-state index is -0.494. The highest BCUT2D eigenvalue weighted by molar-refractivity contribution is 6.31. The van der Waals surface area contributed by atoms with Crippen LogP contribution < -0.4 is 25.6 Å². The molecule has 4 aromatic rings. The first-order valence-corrected chi connectivity index (χ1v) is 11.6. The Labute approximate surface area is 218 Å². The average molecular weight is 528 g/mol. The first-order valence-electron chi connectivity index (χ1n) is 11.2. The van der Waals surface area contributed by atoms with Crippen LogP contribution in [0.4, 0.5) is 15.9 Å². The second-order valence-electron chi connectivity index (χ2n) is 7.60. The molecule has 4 rings (SSSR count). The third-order valence-electron chi connectivity index (χ3n) is 5.08. The molecule has 0 aliphatic carbocycles. The van der Waals surface area contributed by atoms with Crippen molar-refractivity contribution in [2.45, 2.75) is 6.54 Å². The number of benzene rings is 3. The molecule has 0 saturated heterocycles. The number of nitrogens with zero attached hydrogens (tertiary/aromatic N) is 2. The zero-order chi connectivity index (χ0) is 26.6. The minimum absolute atomic E-state index is 0.0150. The molecular formula is C26H27ClFN5O4. The number of fused-ring (bicyclic) bond motifs is 1. The molecule has 0 saturated carbocycles. The number of methoxy groups -OCH3 is 1. The maximum absolute atomic E-state index is 13.5. The number of hydroxylamine groups is 1. The zero-order valence-electron chi connectivity index (χ0n) is 20.3. The van der Waals surface area contributed by atoms with Gasteiger partial charge in [-0.2, -0.15) is 0 Å². The number of carbonyl (C=O) groups excluding carboxylic acids is 1. The van der Waals surface area contributed by atoms with Crippen molar-refractivity contribution in [3.63, 3.8) is 0 Å². The number of rotatable bonds is 10. The van der Waals surface area contributed by atoms with Gasteiger partial charge in [-0.05, 0) is 29.8 Å². The van der Waals surface area contributed by atoms with Crippen molar-refractivity contribution >= 4 is 40.3 Å². The topological polar surface area (TPSA) is 118 Å². The number of halogens is 2. The van der Waals surface area contributed by atoms with E-state index in [1.54, 1.807) is 42.9 Å². The Balaban J connectivity index is 0.00000121. The molecule has 0 spiro atoms. The molecule has 1 aromatic heterocycles. The molecule has 1 heterocycles. The molecule has 11 heteroatoms. The van der Waals surface area contributed by atoms with Crippen molar-refractivity contribution in [2.24, 2.45) is 0 Å². The van der Waals surface area contributed by atoms with Gasteiger partial charge in [0.2, 0.25) is 0 Å². The molecule has 0 amide bonds. The summed E-state index contributed by atoms with van der Waals surface area (Å²) >= 11 is 5.89. The fraction of sp³-hybridized carbons (Fsp3) is 0.192. The number of carbonyl (C=O) groups is 1. The Bertz CT molecular complexity index is 1320. The van der Waals surface area contributed by atoms with Crippen LogP contribution in [0, 0.1) is 5.82 Å². The van der Waals surface area contributed by atoms with Gasteiger partial charge in [-0.25, -0.2) is 19.8 Å². The number of hydrogen-bond donors (Lipinski definition) is 4. The van der Waals surface area contributed by atoms with Crippen LogP contribution in [0.5, 0.6) is 11.5 Å². The van der Waals surface area contributed by atoms with Crippen molar-refractivity contribution in [3.8, 4) is 11.5 Å². The van der Waals surface area contributed by atoms with Gasteiger partial charge in [-0.3, -0.25) is 4.79 Å². The Hall–Kier alpha value is -3.83. The Kier molecular flexibility index (Phi) is 10.5.